The van der Waals surface area contributed by atoms with Crippen molar-refractivity contribution in [1.82, 2.24) is 20.6 Å². The van der Waals surface area contributed by atoms with Crippen molar-refractivity contribution in [2.24, 2.45) is 0 Å². The Labute approximate surface area is 154 Å². The maximum absolute atomic E-state index is 12.0. The first kappa shape index (κ1) is 17.8. The Morgan fingerprint density at radius 2 is 1.92 bits per heavy atom. The summed E-state index contributed by atoms with van der Waals surface area (Å²) in [6, 6.07) is 15.1. The van der Waals surface area contributed by atoms with Gasteiger partial charge in [0, 0.05) is 12.7 Å². The van der Waals surface area contributed by atoms with Gasteiger partial charge >= 0.3 is 0 Å². The molecule has 0 saturated heterocycles. The summed E-state index contributed by atoms with van der Waals surface area (Å²) in [4.78, 5) is 24.6. The second-order valence-electron chi connectivity index (χ2n) is 5.59. The van der Waals surface area contributed by atoms with Gasteiger partial charge in [-0.25, -0.2) is 5.48 Å². The summed E-state index contributed by atoms with van der Waals surface area (Å²) < 4.78 is 1.55. The van der Waals surface area contributed by atoms with E-state index < -0.39 is 5.91 Å². The van der Waals surface area contributed by atoms with Gasteiger partial charge in [0.2, 0.25) is 5.91 Å². The van der Waals surface area contributed by atoms with E-state index in [9.17, 15) is 9.59 Å². The van der Waals surface area contributed by atoms with E-state index in [4.69, 9.17) is 5.21 Å². The number of thiophene rings is 1. The number of hydrogen-bond acceptors (Lipinski definition) is 5. The Morgan fingerprint density at radius 3 is 2.69 bits per heavy atom. The third-order valence-corrected chi connectivity index (χ3v) is 4.82. The molecule has 3 rings (SSSR count). The van der Waals surface area contributed by atoms with E-state index in [0.29, 0.717) is 17.1 Å². The van der Waals surface area contributed by atoms with Crippen LogP contribution >= 0.6 is 11.3 Å². The topological polar surface area (TPSA) is 96.2 Å². The van der Waals surface area contributed by atoms with Gasteiger partial charge in [0.05, 0.1) is 9.75 Å². The molecule has 3 aromatic rings. The molecule has 7 nitrogen and oxygen atoms in total. The van der Waals surface area contributed by atoms with Crippen LogP contribution in [0.5, 0.6) is 0 Å². The van der Waals surface area contributed by atoms with E-state index in [2.05, 4.69) is 10.4 Å². The summed E-state index contributed by atoms with van der Waals surface area (Å²) in [5, 5.41) is 15.9. The molecule has 0 fully saturated rings. The quantitative estimate of drug-likeness (QED) is 0.438. The number of aromatic nitrogens is 2. The smallest absolute Gasteiger partial charge is 0.284 e. The van der Waals surface area contributed by atoms with Crippen molar-refractivity contribution < 1.29 is 14.8 Å². The predicted molar refractivity (Wildman–Crippen MR) is 97.9 cm³/mol. The molecular weight excluding hydrogens is 352 g/mol. The van der Waals surface area contributed by atoms with E-state index in [1.165, 1.54) is 16.9 Å². The second-order valence-corrected chi connectivity index (χ2v) is 6.67. The minimum atomic E-state index is -0.557. The van der Waals surface area contributed by atoms with Gasteiger partial charge in [-0.15, -0.1) is 11.3 Å². The molecule has 0 aliphatic carbocycles. The third kappa shape index (κ3) is 4.56. The van der Waals surface area contributed by atoms with E-state index in [0.717, 1.165) is 11.3 Å². The average molecular weight is 370 g/mol. The lowest BCUT2D eigenvalue weighted by atomic mass is 10.1. The number of carbonyl (C=O) groups is 2. The fraction of sp³-hybridized carbons (Fsp3) is 0.167. The van der Waals surface area contributed by atoms with Crippen molar-refractivity contribution in [3.05, 3.63) is 65.2 Å². The van der Waals surface area contributed by atoms with Gasteiger partial charge in [-0.05, 0) is 30.2 Å². The van der Waals surface area contributed by atoms with Crippen LogP contribution < -0.4 is 10.8 Å². The fourth-order valence-electron chi connectivity index (χ4n) is 2.43. The van der Waals surface area contributed by atoms with Crippen LogP contribution in [-0.2, 0) is 17.8 Å². The molecule has 3 N–H and O–H groups in total. The Kier molecular flexibility index (Phi) is 5.77. The summed E-state index contributed by atoms with van der Waals surface area (Å²) in [6.07, 6.45) is 2.50. The fourth-order valence-corrected chi connectivity index (χ4v) is 3.29. The van der Waals surface area contributed by atoms with E-state index in [1.807, 2.05) is 30.3 Å². The van der Waals surface area contributed by atoms with Gasteiger partial charge in [0.1, 0.15) is 12.2 Å². The number of hydrogen-bond donors (Lipinski definition) is 3. The second kappa shape index (κ2) is 8.41. The number of carbonyl (C=O) groups excluding carboxylic acids is 2. The molecule has 0 saturated carbocycles. The van der Waals surface area contributed by atoms with Crippen molar-refractivity contribution in [1.29, 1.82) is 0 Å². The molecule has 0 spiro atoms. The lowest BCUT2D eigenvalue weighted by molar-refractivity contribution is -0.121. The molecule has 134 valence electrons. The highest BCUT2D eigenvalue weighted by Crippen LogP contribution is 2.26. The predicted octanol–water partition coefficient (Wildman–Crippen LogP) is 2.09. The number of nitrogens with one attached hydrogen (secondary N) is 2. The summed E-state index contributed by atoms with van der Waals surface area (Å²) in [5.74, 6) is -0.666. The Hall–Kier alpha value is -2.97. The molecule has 26 heavy (non-hydrogen) atoms. The van der Waals surface area contributed by atoms with Crippen molar-refractivity contribution in [3.63, 3.8) is 0 Å². The molecule has 1 aromatic carbocycles. The molecule has 8 heteroatoms. The minimum Gasteiger partial charge on any atom is -0.354 e. The van der Waals surface area contributed by atoms with E-state index >= 15 is 0 Å². The van der Waals surface area contributed by atoms with Crippen LogP contribution in [0.1, 0.15) is 15.2 Å². The van der Waals surface area contributed by atoms with Gasteiger partial charge < -0.3 is 5.32 Å². The average Bonchev–Trinajstić information content (AvgIpc) is 3.31. The standard InChI is InChI=1S/C18H18N4O3S/c23-17(19-10-8-13-4-2-1-3-5-13)12-22-11-9-14(20-22)15-6-7-16(26-15)18(24)21-25/h1-7,9,11,25H,8,10,12H2,(H,19,23)(H,21,24). The molecule has 0 atom stereocenters. The van der Waals surface area contributed by atoms with Gasteiger partial charge in [0.25, 0.3) is 5.91 Å². The maximum atomic E-state index is 12.0. The molecule has 0 unspecified atom stereocenters. The van der Waals surface area contributed by atoms with E-state index in [-0.39, 0.29) is 12.5 Å². The van der Waals surface area contributed by atoms with Crippen LogP contribution in [0.25, 0.3) is 10.6 Å². The normalized spacial score (nSPS) is 10.5. The first-order valence-electron chi connectivity index (χ1n) is 8.04. The van der Waals surface area contributed by atoms with Crippen LogP contribution in [-0.4, -0.2) is 33.3 Å². The molecular formula is C18H18N4O3S. The van der Waals surface area contributed by atoms with Gasteiger partial charge in [-0.2, -0.15) is 5.10 Å². The highest BCUT2D eigenvalue weighted by Gasteiger charge is 2.12. The van der Waals surface area contributed by atoms with Gasteiger partial charge in [-0.3, -0.25) is 19.5 Å². The zero-order valence-corrected chi connectivity index (χ0v) is 14.7. The summed E-state index contributed by atoms with van der Waals surface area (Å²) in [7, 11) is 0. The number of benzene rings is 1. The Morgan fingerprint density at radius 1 is 1.12 bits per heavy atom. The van der Waals surface area contributed by atoms with Crippen LogP contribution in [0.2, 0.25) is 0 Å². The Bertz CT molecular complexity index is 889. The van der Waals surface area contributed by atoms with Crippen LogP contribution in [0.15, 0.2) is 54.7 Å². The number of nitrogens with zero attached hydrogens (tertiary/aromatic N) is 2. The van der Waals surface area contributed by atoms with Crippen molar-refractivity contribution in [2.75, 3.05) is 6.54 Å². The first-order chi connectivity index (χ1) is 12.7. The summed E-state index contributed by atoms with van der Waals surface area (Å²) in [6.45, 7) is 0.700. The van der Waals surface area contributed by atoms with E-state index in [1.54, 1.807) is 34.6 Å². The largest absolute Gasteiger partial charge is 0.354 e. The first-order valence-corrected chi connectivity index (χ1v) is 8.86. The molecule has 2 amide bonds. The van der Waals surface area contributed by atoms with Crippen molar-refractivity contribution in [2.45, 2.75) is 13.0 Å². The lowest BCUT2D eigenvalue weighted by Crippen LogP contribution is -2.29. The van der Waals surface area contributed by atoms with Crippen LogP contribution in [0.4, 0.5) is 0 Å². The maximum Gasteiger partial charge on any atom is 0.284 e. The Balaban J connectivity index is 1.52. The molecule has 2 heterocycles. The van der Waals surface area contributed by atoms with Gasteiger partial charge in [0.15, 0.2) is 0 Å². The summed E-state index contributed by atoms with van der Waals surface area (Å²) >= 11 is 1.21. The van der Waals surface area contributed by atoms with Crippen molar-refractivity contribution in [3.8, 4) is 10.6 Å². The monoisotopic (exact) mass is 370 g/mol. The zero-order valence-electron chi connectivity index (χ0n) is 13.9. The lowest BCUT2D eigenvalue weighted by Gasteiger charge is -2.05. The SMILES string of the molecule is O=C(Cn1ccc(-c2ccc(C(=O)NO)s2)n1)NCCc1ccccc1. The minimum absolute atomic E-state index is 0.109. The van der Waals surface area contributed by atoms with Crippen LogP contribution in [0, 0.1) is 0 Å². The van der Waals surface area contributed by atoms with Crippen LogP contribution in [0.3, 0.4) is 0 Å². The molecule has 2 aromatic heterocycles. The summed E-state index contributed by atoms with van der Waals surface area (Å²) in [5.41, 5.74) is 3.45. The molecule has 0 aliphatic rings. The van der Waals surface area contributed by atoms with Gasteiger partial charge in [-0.1, -0.05) is 30.3 Å². The molecule has 0 radical (unpaired) electrons. The molecule has 0 bridgehead atoms. The zero-order chi connectivity index (χ0) is 18.4. The van der Waals surface area contributed by atoms with Crippen molar-refractivity contribution >= 4 is 23.2 Å². The third-order valence-electron chi connectivity index (χ3n) is 3.71. The number of hydroxylamine groups is 1. The highest BCUT2D eigenvalue weighted by atomic mass is 32.1. The number of rotatable bonds is 7. The highest BCUT2D eigenvalue weighted by molar-refractivity contribution is 7.17. The number of amides is 2. The molecule has 0 aliphatic heterocycles.